The average molecular weight is 722 g/mol. The molecule has 2 saturated heterocycles. The number of hydrogen-bond acceptors (Lipinski definition) is 12. The van der Waals surface area contributed by atoms with Crippen molar-refractivity contribution in [3.8, 4) is 0 Å². The van der Waals surface area contributed by atoms with E-state index in [1.165, 1.54) is 21.3 Å². The normalized spacial score (nSPS) is 37.1. The lowest BCUT2D eigenvalue weighted by Gasteiger charge is -2.47. The van der Waals surface area contributed by atoms with Crippen molar-refractivity contribution in [3.05, 3.63) is 23.3 Å². The summed E-state index contributed by atoms with van der Waals surface area (Å²) in [5.41, 5.74) is 1.23. The van der Waals surface area contributed by atoms with E-state index in [1.54, 1.807) is 20.8 Å². The second-order valence-electron chi connectivity index (χ2n) is 14.7. The Balaban J connectivity index is 2.13. The van der Waals surface area contributed by atoms with Crippen molar-refractivity contribution in [2.75, 3.05) is 27.9 Å². The van der Waals surface area contributed by atoms with Crippen LogP contribution >= 0.6 is 0 Å². The topological polar surface area (TPSA) is 175 Å². The van der Waals surface area contributed by atoms with Crippen LogP contribution in [0.3, 0.4) is 0 Å². The van der Waals surface area contributed by atoms with Gasteiger partial charge in [0, 0.05) is 51.0 Å². The molecule has 3 aliphatic heterocycles. The summed E-state index contributed by atoms with van der Waals surface area (Å²) in [5, 5.41) is 23.2. The van der Waals surface area contributed by atoms with E-state index in [2.05, 4.69) is 0 Å². The molecule has 13 heteroatoms. The predicted octanol–water partition coefficient (Wildman–Crippen LogP) is 3.47. The Bertz CT molecular complexity index is 1330. The molecule has 2 bridgehead atoms. The van der Waals surface area contributed by atoms with Crippen molar-refractivity contribution in [2.45, 2.75) is 135 Å². The molecular formula is C38H59NO12. The Morgan fingerprint density at radius 1 is 1.04 bits per heavy atom. The lowest BCUT2D eigenvalue weighted by atomic mass is 9.82. The lowest BCUT2D eigenvalue weighted by Crippen LogP contribution is -2.64. The number of aliphatic hydroxyl groups excluding tert-OH is 1. The monoisotopic (exact) mass is 721 g/mol. The summed E-state index contributed by atoms with van der Waals surface area (Å²) in [6, 6.07) is -1.20. The summed E-state index contributed by atoms with van der Waals surface area (Å²) in [7, 11) is 4.23. The number of carbonyl (C=O) groups excluding carboxylic acids is 5. The van der Waals surface area contributed by atoms with E-state index in [1.807, 2.05) is 26.8 Å². The number of ether oxygens (including phenoxy) is 5. The first kappa shape index (κ1) is 42.4. The van der Waals surface area contributed by atoms with Gasteiger partial charge in [-0.2, -0.15) is 0 Å². The molecule has 0 aromatic carbocycles. The summed E-state index contributed by atoms with van der Waals surface area (Å²) in [6.07, 6.45) is 1.35. The highest BCUT2D eigenvalue weighted by molar-refractivity contribution is 6.39. The highest BCUT2D eigenvalue weighted by Gasteiger charge is 2.56. The third-order valence-electron chi connectivity index (χ3n) is 10.8. The Morgan fingerprint density at radius 3 is 2.29 bits per heavy atom. The number of fused-ring (bicyclic) bond motifs is 3. The zero-order valence-electron chi connectivity index (χ0n) is 31.7. The van der Waals surface area contributed by atoms with Crippen molar-refractivity contribution in [1.29, 1.82) is 0 Å². The number of nitrogens with zero attached hydrogens (tertiary/aromatic N) is 1. The van der Waals surface area contributed by atoms with Gasteiger partial charge in [0.25, 0.3) is 11.7 Å². The number of amides is 1. The first-order chi connectivity index (χ1) is 24.0. The van der Waals surface area contributed by atoms with Crippen LogP contribution in [-0.4, -0.2) is 115 Å². The fourth-order valence-electron chi connectivity index (χ4n) is 7.70. The average Bonchev–Trinajstić information content (AvgIpc) is 3.10. The summed E-state index contributed by atoms with van der Waals surface area (Å²) < 4.78 is 28.5. The second-order valence-corrected chi connectivity index (χ2v) is 14.7. The van der Waals surface area contributed by atoms with Gasteiger partial charge in [-0.1, -0.05) is 39.3 Å². The van der Waals surface area contributed by atoms with Crippen molar-refractivity contribution < 1.29 is 57.9 Å². The molecule has 3 rings (SSSR count). The largest absolute Gasteiger partial charge is 0.466 e. The zero-order valence-corrected chi connectivity index (χ0v) is 31.7. The van der Waals surface area contributed by atoms with Crippen LogP contribution in [0.4, 0.5) is 0 Å². The lowest BCUT2D eigenvalue weighted by molar-refractivity contribution is -0.302. The summed E-state index contributed by atoms with van der Waals surface area (Å²) in [6.45, 7) is 10.7. The fourth-order valence-corrected chi connectivity index (χ4v) is 7.70. The SMILES string of the molecule is CCC1C=C(C)CC(C)CC(OC)C2OC(O)(C(=O)C(=O)N3CCCCC3C(=O)OC(C(C)=CC(=O)OC)C(C)C(O)CC1=O)C(C)CC2OC. The van der Waals surface area contributed by atoms with Gasteiger partial charge in [-0.05, 0) is 70.3 Å². The van der Waals surface area contributed by atoms with E-state index in [9.17, 15) is 34.2 Å². The Morgan fingerprint density at radius 2 is 1.69 bits per heavy atom. The molecule has 0 radical (unpaired) electrons. The van der Waals surface area contributed by atoms with Gasteiger partial charge >= 0.3 is 11.9 Å². The molecule has 0 saturated carbocycles. The van der Waals surface area contributed by atoms with Gasteiger partial charge in [0.2, 0.25) is 5.79 Å². The van der Waals surface area contributed by atoms with Gasteiger partial charge in [0.05, 0.1) is 25.4 Å². The number of ketones is 2. The first-order valence-electron chi connectivity index (χ1n) is 18.2. The van der Waals surface area contributed by atoms with E-state index < -0.39 is 83.7 Å². The standard InChI is InChI=1S/C38H59NO12/c1-10-26-16-21(2)15-22(3)17-30(47-7)34-31(48-8)19-24(5)38(46,51-34)35(43)36(44)39-14-12-11-13-27(39)37(45)50-33(23(4)18-32(42)49-9)25(6)28(40)20-29(26)41/h16,18,22,24-28,30-31,33-34,40,46H,10-15,17,19-20H2,1-9H3. The molecule has 3 heterocycles. The maximum Gasteiger partial charge on any atom is 0.330 e. The third kappa shape index (κ3) is 10.1. The molecule has 2 fully saturated rings. The number of Topliss-reactive ketones (excluding diaryl/α,β-unsaturated/α-hetero) is 2. The molecule has 13 nitrogen and oxygen atoms in total. The van der Waals surface area contributed by atoms with Gasteiger partial charge in [0.1, 0.15) is 24.0 Å². The van der Waals surface area contributed by atoms with E-state index in [-0.39, 0.29) is 43.1 Å². The van der Waals surface area contributed by atoms with E-state index in [0.29, 0.717) is 32.1 Å². The molecule has 11 unspecified atom stereocenters. The quantitative estimate of drug-likeness (QED) is 0.183. The number of cyclic esters (lactones) is 1. The van der Waals surface area contributed by atoms with Gasteiger partial charge in [-0.15, -0.1) is 0 Å². The minimum Gasteiger partial charge on any atom is -0.466 e. The Hall–Kier alpha value is -2.97. The van der Waals surface area contributed by atoms with Gasteiger partial charge in [-0.3, -0.25) is 14.4 Å². The van der Waals surface area contributed by atoms with Crippen LogP contribution in [0.25, 0.3) is 0 Å². The number of hydrogen-bond donors (Lipinski definition) is 2. The molecule has 288 valence electrons. The predicted molar refractivity (Wildman–Crippen MR) is 186 cm³/mol. The molecule has 3 aliphatic rings. The van der Waals surface area contributed by atoms with Gasteiger partial charge in [0.15, 0.2) is 0 Å². The molecule has 0 aliphatic carbocycles. The summed E-state index contributed by atoms with van der Waals surface area (Å²) >= 11 is 0. The van der Waals surface area contributed by atoms with Gasteiger partial charge < -0.3 is 38.8 Å². The maximum absolute atomic E-state index is 14.0. The zero-order chi connectivity index (χ0) is 38.2. The number of carbonyl (C=O) groups is 5. The molecular weight excluding hydrogens is 662 g/mol. The number of aliphatic hydroxyl groups is 2. The van der Waals surface area contributed by atoms with Gasteiger partial charge in [-0.25, -0.2) is 9.59 Å². The second kappa shape index (κ2) is 18.7. The van der Waals surface area contributed by atoms with Crippen LogP contribution < -0.4 is 0 Å². The van der Waals surface area contributed by atoms with Crippen molar-refractivity contribution in [2.24, 2.45) is 23.7 Å². The number of piperidine rings is 1. The number of esters is 2. The molecule has 1 amide bonds. The number of methoxy groups -OCH3 is 3. The Kier molecular flexibility index (Phi) is 15.5. The number of allylic oxidation sites excluding steroid dienone is 2. The molecule has 2 N–H and O–H groups in total. The van der Waals surface area contributed by atoms with Crippen molar-refractivity contribution in [3.63, 3.8) is 0 Å². The van der Waals surface area contributed by atoms with Crippen LogP contribution in [-0.2, 0) is 47.7 Å². The smallest absolute Gasteiger partial charge is 0.330 e. The highest BCUT2D eigenvalue weighted by atomic mass is 16.7. The minimum absolute atomic E-state index is 0.0204. The summed E-state index contributed by atoms with van der Waals surface area (Å²) in [4.78, 5) is 68.9. The van der Waals surface area contributed by atoms with Crippen LogP contribution in [0.2, 0.25) is 0 Å². The highest BCUT2D eigenvalue weighted by Crippen LogP contribution is 2.39. The maximum atomic E-state index is 14.0. The molecule has 11 atom stereocenters. The van der Waals surface area contributed by atoms with E-state index in [4.69, 9.17) is 23.7 Å². The Labute approximate surface area is 302 Å². The minimum atomic E-state index is -2.52. The van der Waals surface area contributed by atoms with Crippen LogP contribution in [0.1, 0.15) is 92.9 Å². The van der Waals surface area contributed by atoms with Crippen LogP contribution in [0.15, 0.2) is 23.3 Å². The first-order valence-corrected chi connectivity index (χ1v) is 18.2. The fraction of sp³-hybridized carbons (Fsp3) is 0.763. The van der Waals surface area contributed by atoms with E-state index >= 15 is 0 Å². The molecule has 0 aromatic heterocycles. The van der Waals surface area contributed by atoms with Crippen LogP contribution in [0, 0.1) is 23.7 Å². The molecule has 0 aromatic rings. The van der Waals surface area contributed by atoms with Crippen molar-refractivity contribution in [1.82, 2.24) is 4.90 Å². The molecule has 51 heavy (non-hydrogen) atoms. The van der Waals surface area contributed by atoms with Crippen LogP contribution in [0.5, 0.6) is 0 Å². The third-order valence-corrected chi connectivity index (χ3v) is 10.8. The summed E-state index contributed by atoms with van der Waals surface area (Å²) in [5.74, 6) is -8.68. The van der Waals surface area contributed by atoms with E-state index in [0.717, 1.165) is 16.5 Å². The van der Waals surface area contributed by atoms with Crippen molar-refractivity contribution >= 4 is 29.4 Å². The molecule has 0 spiro atoms. The number of rotatable bonds is 5.